The van der Waals surface area contributed by atoms with Crippen LogP contribution < -0.4 is 5.32 Å². The fourth-order valence-corrected chi connectivity index (χ4v) is 9.83. The van der Waals surface area contributed by atoms with Crippen LogP contribution in [0.3, 0.4) is 0 Å². The minimum Gasteiger partial charge on any atom is -0.460 e. The van der Waals surface area contributed by atoms with Crippen LogP contribution in [0.5, 0.6) is 0 Å². The third-order valence-corrected chi connectivity index (χ3v) is 12.5. The van der Waals surface area contributed by atoms with E-state index in [2.05, 4.69) is 40.0 Å². The van der Waals surface area contributed by atoms with Crippen LogP contribution in [-0.2, 0) is 62.3 Å². The molecule has 2 bridgehead atoms. The molecule has 2 aromatic carbocycles. The topological polar surface area (TPSA) is 153 Å². The summed E-state index contributed by atoms with van der Waals surface area (Å²) in [5.41, 5.74) is 1.10. The number of fused-ring (bicyclic) bond motifs is 5. The van der Waals surface area contributed by atoms with E-state index >= 15 is 4.79 Å². The zero-order valence-corrected chi connectivity index (χ0v) is 32.3. The van der Waals surface area contributed by atoms with Crippen molar-refractivity contribution in [3.8, 4) is 0 Å². The van der Waals surface area contributed by atoms with Gasteiger partial charge in [-0.05, 0) is 85.4 Å². The monoisotopic (exact) mass is 843 g/mol. The number of likely N-dealkylation sites (tertiary alicyclic amines) is 1. The molecule has 4 heterocycles. The summed E-state index contributed by atoms with van der Waals surface area (Å²) in [6, 6.07) is 13.2. The van der Waals surface area contributed by atoms with Gasteiger partial charge in [0.05, 0.1) is 19.2 Å². The molecule has 53 heavy (non-hydrogen) atoms. The first-order valence-electron chi connectivity index (χ1n) is 18.5. The fourth-order valence-electron chi connectivity index (χ4n) is 9.27. The van der Waals surface area contributed by atoms with Gasteiger partial charge in [0.15, 0.2) is 11.8 Å². The molecule has 0 unspecified atom stereocenters. The predicted molar refractivity (Wildman–Crippen MR) is 195 cm³/mol. The van der Waals surface area contributed by atoms with Gasteiger partial charge < -0.3 is 34.3 Å². The maximum atomic E-state index is 15.3. The lowest BCUT2D eigenvalue weighted by Gasteiger charge is -2.50. The maximum absolute atomic E-state index is 15.3. The number of hydroxylamine groups is 2. The number of esters is 2. The molecule has 0 aromatic heterocycles. The number of nitrogens with one attached hydrogen (secondary N) is 1. The summed E-state index contributed by atoms with van der Waals surface area (Å²) >= 11 is 2.25. The Balaban J connectivity index is 1.08. The number of halogens is 1. The quantitative estimate of drug-likeness (QED) is 0.283. The van der Waals surface area contributed by atoms with E-state index in [0.29, 0.717) is 32.2 Å². The Morgan fingerprint density at radius 3 is 2.45 bits per heavy atom. The number of carbonyl (C=O) groups is 4. The van der Waals surface area contributed by atoms with E-state index in [-0.39, 0.29) is 38.3 Å². The molecule has 4 aliphatic heterocycles. The van der Waals surface area contributed by atoms with Gasteiger partial charge in [-0.2, -0.15) is 5.06 Å². The second-order valence-electron chi connectivity index (χ2n) is 16.2. The number of amides is 2. The minimum absolute atomic E-state index is 0.0107. The molecular weight excluding hydrogens is 797 g/mol. The molecule has 1 spiro atoms. The molecule has 4 saturated heterocycles. The third-order valence-electron chi connectivity index (χ3n) is 11.5. The molecule has 2 amide bonds. The molecule has 2 N–H and O–H groups in total. The largest absolute Gasteiger partial charge is 0.460 e. The highest BCUT2D eigenvalue weighted by molar-refractivity contribution is 14.1. The van der Waals surface area contributed by atoms with Crippen molar-refractivity contribution in [3.05, 3.63) is 68.8 Å². The molecular formula is C39H46IN3O10. The summed E-state index contributed by atoms with van der Waals surface area (Å²) in [6.45, 7) is 5.48. The lowest BCUT2D eigenvalue weighted by molar-refractivity contribution is -0.218. The first-order valence-corrected chi connectivity index (χ1v) is 19.6. The Kier molecular flexibility index (Phi) is 9.62. The molecule has 0 radical (unpaired) electrons. The summed E-state index contributed by atoms with van der Waals surface area (Å²) < 4.78 is 26.2. The number of hydrogen-bond acceptors (Lipinski definition) is 11. The first-order chi connectivity index (χ1) is 25.3. The Morgan fingerprint density at radius 2 is 1.75 bits per heavy atom. The van der Waals surface area contributed by atoms with Gasteiger partial charge in [0.1, 0.15) is 41.5 Å². The van der Waals surface area contributed by atoms with E-state index in [1.807, 2.05) is 36.4 Å². The van der Waals surface area contributed by atoms with Crippen LogP contribution in [0.1, 0.15) is 69.6 Å². The average molecular weight is 844 g/mol. The molecule has 284 valence electrons. The van der Waals surface area contributed by atoms with Crippen molar-refractivity contribution in [2.45, 2.75) is 126 Å². The van der Waals surface area contributed by atoms with Crippen LogP contribution in [0.25, 0.3) is 0 Å². The number of ether oxygens (including phenoxy) is 4. The third kappa shape index (κ3) is 6.56. The molecule has 8 rings (SSSR count). The lowest BCUT2D eigenvalue weighted by atomic mass is 9.62. The van der Waals surface area contributed by atoms with E-state index in [1.165, 1.54) is 0 Å². The van der Waals surface area contributed by atoms with Gasteiger partial charge in [0, 0.05) is 35.8 Å². The number of carbonyl (C=O) groups excluding carboxylic acids is 4. The van der Waals surface area contributed by atoms with Crippen LogP contribution >= 0.6 is 22.6 Å². The Bertz CT molecular complexity index is 1780. The van der Waals surface area contributed by atoms with Crippen LogP contribution in [0, 0.1) is 8.99 Å². The van der Waals surface area contributed by atoms with Crippen LogP contribution in [0.4, 0.5) is 0 Å². The normalized spacial score (nSPS) is 31.6. The SMILES string of the molecule is CC(C)(C)OC(=O)CC[C@@H](CO)NC(=O)[C@H]1CCCN1C(=O)[C@@]12C[C@H]3OC(=O)[C@@H]1N(Cc1ccccc1I)O[C@@H]2[C@H]1OC2(Cc4ccccc4C2)O[C@H]13. The van der Waals surface area contributed by atoms with Crippen LogP contribution in [0.15, 0.2) is 48.5 Å². The van der Waals surface area contributed by atoms with E-state index < -0.39 is 77.2 Å². The number of benzene rings is 2. The van der Waals surface area contributed by atoms with Crippen molar-refractivity contribution >= 4 is 46.3 Å². The Morgan fingerprint density at radius 1 is 1.06 bits per heavy atom. The summed E-state index contributed by atoms with van der Waals surface area (Å²) in [5.74, 6) is -2.76. The molecule has 8 atom stereocenters. The van der Waals surface area contributed by atoms with Crippen molar-refractivity contribution in [1.29, 1.82) is 0 Å². The zero-order chi connectivity index (χ0) is 37.3. The highest BCUT2D eigenvalue weighted by Gasteiger charge is 2.77. The smallest absolute Gasteiger partial charge is 0.327 e. The second-order valence-corrected chi connectivity index (χ2v) is 17.3. The van der Waals surface area contributed by atoms with Gasteiger partial charge in [-0.15, -0.1) is 0 Å². The highest BCUT2D eigenvalue weighted by Crippen LogP contribution is 2.59. The van der Waals surface area contributed by atoms with Crippen LogP contribution in [0.2, 0.25) is 0 Å². The van der Waals surface area contributed by atoms with Crippen molar-refractivity contribution < 1.29 is 48.1 Å². The van der Waals surface area contributed by atoms with E-state index in [9.17, 15) is 19.5 Å². The summed E-state index contributed by atoms with van der Waals surface area (Å²) in [6.07, 6.45) is -0.648. The maximum Gasteiger partial charge on any atom is 0.327 e. The Hall–Kier alpha value is -3.15. The average Bonchev–Trinajstić information content (AvgIpc) is 3.89. The molecule has 2 aromatic rings. The number of hydrogen-bond donors (Lipinski definition) is 2. The summed E-state index contributed by atoms with van der Waals surface area (Å²) in [7, 11) is 0. The molecule has 1 saturated carbocycles. The summed E-state index contributed by atoms with van der Waals surface area (Å²) in [5, 5.41) is 14.6. The number of rotatable bonds is 9. The number of nitrogens with zero attached hydrogens (tertiary/aromatic N) is 2. The predicted octanol–water partition coefficient (Wildman–Crippen LogP) is 2.96. The van der Waals surface area contributed by atoms with E-state index in [1.54, 1.807) is 30.7 Å². The Labute approximate surface area is 322 Å². The van der Waals surface area contributed by atoms with Gasteiger partial charge in [0.2, 0.25) is 11.8 Å². The first kappa shape index (κ1) is 36.8. The van der Waals surface area contributed by atoms with E-state index in [4.69, 9.17) is 23.8 Å². The van der Waals surface area contributed by atoms with Gasteiger partial charge in [0.25, 0.3) is 0 Å². The van der Waals surface area contributed by atoms with Crippen molar-refractivity contribution in [1.82, 2.24) is 15.3 Å². The number of aliphatic hydroxyl groups is 1. The van der Waals surface area contributed by atoms with Gasteiger partial charge in [-0.3, -0.25) is 24.0 Å². The molecule has 6 aliphatic rings. The lowest BCUT2D eigenvalue weighted by Crippen LogP contribution is -2.70. The minimum atomic E-state index is -1.42. The second kappa shape index (κ2) is 13.9. The zero-order valence-electron chi connectivity index (χ0n) is 30.1. The number of aliphatic hydroxyl groups excluding tert-OH is 1. The van der Waals surface area contributed by atoms with E-state index in [0.717, 1.165) is 20.3 Å². The molecule has 14 heteroatoms. The van der Waals surface area contributed by atoms with Crippen molar-refractivity contribution in [2.75, 3.05) is 13.2 Å². The molecule has 2 aliphatic carbocycles. The highest BCUT2D eigenvalue weighted by atomic mass is 127. The van der Waals surface area contributed by atoms with Crippen LogP contribution in [-0.4, -0.2) is 106 Å². The molecule has 5 fully saturated rings. The van der Waals surface area contributed by atoms with Gasteiger partial charge in [-0.25, -0.2) is 0 Å². The molecule has 13 nitrogen and oxygen atoms in total. The standard InChI is InChI=1S/C39H46IN3O10/c1-37(2,3)50-29(45)15-14-25(21-44)41-34(46)27-13-8-16-42(27)36(48)39-19-28-30-31(52-38(51-30)17-22-9-4-5-10-23(22)18-38)33(39)53-43(32(39)35(47)49-28)20-24-11-6-7-12-26(24)40/h4-7,9-12,25,27-28,30-33,44H,8,13-21H2,1-3H3,(H,41,46)/t25-,27+,28+,30-,31-,32-,33+,39-/m0/s1. The summed E-state index contributed by atoms with van der Waals surface area (Å²) in [4.78, 5) is 64.1. The van der Waals surface area contributed by atoms with Gasteiger partial charge in [-0.1, -0.05) is 42.5 Å². The van der Waals surface area contributed by atoms with Gasteiger partial charge >= 0.3 is 11.9 Å². The fraction of sp³-hybridized carbons (Fsp3) is 0.590. The van der Waals surface area contributed by atoms with Crippen molar-refractivity contribution in [3.63, 3.8) is 0 Å². The van der Waals surface area contributed by atoms with Crippen molar-refractivity contribution in [2.24, 2.45) is 5.41 Å².